The van der Waals surface area contributed by atoms with Crippen LogP contribution in [0.2, 0.25) is 0 Å². The fraction of sp³-hybridized carbons (Fsp3) is 0.241. The van der Waals surface area contributed by atoms with Crippen molar-refractivity contribution >= 4 is 39.1 Å². The molecular formula is C29H26N2O5S. The molecule has 0 saturated heterocycles. The van der Waals surface area contributed by atoms with Crippen molar-refractivity contribution in [3.63, 3.8) is 0 Å². The van der Waals surface area contributed by atoms with Gasteiger partial charge in [0.15, 0.2) is 0 Å². The van der Waals surface area contributed by atoms with Crippen molar-refractivity contribution in [1.82, 2.24) is 0 Å². The first-order valence-electron chi connectivity index (χ1n) is 12.0. The van der Waals surface area contributed by atoms with Crippen LogP contribution in [0, 0.1) is 10.1 Å². The van der Waals surface area contributed by atoms with Crippen LogP contribution in [-0.4, -0.2) is 29.1 Å². The minimum absolute atomic E-state index is 0.378. The van der Waals surface area contributed by atoms with Gasteiger partial charge in [0.25, 0.3) is 5.91 Å². The number of benzene rings is 3. The second-order valence-electron chi connectivity index (χ2n) is 10.1. The molecule has 0 spiro atoms. The highest BCUT2D eigenvalue weighted by Gasteiger charge is 2.61. The summed E-state index contributed by atoms with van der Waals surface area (Å²) in [7, 11) is 0. The molecule has 0 unspecified atom stereocenters. The average molecular weight is 515 g/mol. The summed E-state index contributed by atoms with van der Waals surface area (Å²) in [6, 6.07) is 25.7. The number of ether oxygens (including phenoxy) is 1. The van der Waals surface area contributed by atoms with Crippen LogP contribution in [0.4, 0.5) is 10.5 Å². The Morgan fingerprint density at radius 3 is 2.35 bits per heavy atom. The monoisotopic (exact) mass is 514 g/mol. The summed E-state index contributed by atoms with van der Waals surface area (Å²) in [4.78, 5) is 41.6. The summed E-state index contributed by atoms with van der Waals surface area (Å²) in [5.41, 5.74) is -0.775. The third kappa shape index (κ3) is 4.17. The molecule has 1 aliphatic rings. The van der Waals surface area contributed by atoms with E-state index >= 15 is 0 Å². The number of para-hydroxylation sites is 1. The first-order valence-corrected chi connectivity index (χ1v) is 12.8. The van der Waals surface area contributed by atoms with Crippen LogP contribution in [0.3, 0.4) is 0 Å². The highest BCUT2D eigenvalue weighted by atomic mass is 32.1. The van der Waals surface area contributed by atoms with E-state index < -0.39 is 40.4 Å². The number of hydrogen-bond donors (Lipinski definition) is 0. The highest BCUT2D eigenvalue weighted by molar-refractivity contribution is 7.19. The van der Waals surface area contributed by atoms with Crippen molar-refractivity contribution < 1.29 is 19.2 Å². The van der Waals surface area contributed by atoms with Gasteiger partial charge in [-0.3, -0.25) is 14.9 Å². The summed E-state index contributed by atoms with van der Waals surface area (Å²) in [5.74, 6) is -1.43. The number of carbonyl (C=O) groups is 2. The fourth-order valence-electron chi connectivity index (χ4n) is 5.14. The fourth-order valence-corrected chi connectivity index (χ4v) is 6.46. The molecule has 0 radical (unpaired) electrons. The summed E-state index contributed by atoms with van der Waals surface area (Å²) >= 11 is 1.42. The molecule has 37 heavy (non-hydrogen) atoms. The van der Waals surface area contributed by atoms with Crippen molar-refractivity contribution in [2.24, 2.45) is 0 Å². The van der Waals surface area contributed by atoms with E-state index in [4.69, 9.17) is 4.74 Å². The van der Waals surface area contributed by atoms with E-state index in [1.807, 2.05) is 36.4 Å². The van der Waals surface area contributed by atoms with E-state index in [0.29, 0.717) is 21.7 Å². The molecule has 2 amide bonds. The minimum atomic E-state index is -1.51. The number of thiophene rings is 1. The zero-order valence-electron chi connectivity index (χ0n) is 20.7. The molecule has 0 saturated carbocycles. The Morgan fingerprint density at radius 1 is 1.03 bits per heavy atom. The van der Waals surface area contributed by atoms with Crippen molar-refractivity contribution in [2.45, 2.75) is 37.7 Å². The molecule has 2 atom stereocenters. The molecule has 8 heteroatoms. The summed E-state index contributed by atoms with van der Waals surface area (Å²) in [5, 5.41) is 13.0. The van der Waals surface area contributed by atoms with Crippen molar-refractivity contribution in [2.75, 3.05) is 11.4 Å². The van der Waals surface area contributed by atoms with E-state index in [1.54, 1.807) is 69.3 Å². The Morgan fingerprint density at radius 2 is 1.68 bits per heavy atom. The van der Waals surface area contributed by atoms with Crippen molar-refractivity contribution in [3.05, 3.63) is 111 Å². The third-order valence-corrected chi connectivity index (χ3v) is 7.81. The molecule has 1 aromatic heterocycles. The Bertz CT molecular complexity index is 1470. The predicted octanol–water partition coefficient (Wildman–Crippen LogP) is 6.53. The second-order valence-corrected chi connectivity index (χ2v) is 11.2. The van der Waals surface area contributed by atoms with Gasteiger partial charge in [0.05, 0.1) is 11.6 Å². The normalized spacial score (nSPS) is 18.0. The first-order chi connectivity index (χ1) is 17.6. The SMILES string of the molecule is CC(C)(C)OC(=O)N1C(=O)[C@](c2cc3ccccc3s2)([C@@H](C[N+](=O)[O-])c2ccccc2)c2ccccc21. The molecule has 7 nitrogen and oxygen atoms in total. The molecule has 188 valence electrons. The highest BCUT2D eigenvalue weighted by Crippen LogP contribution is 2.56. The van der Waals surface area contributed by atoms with Crippen LogP contribution < -0.4 is 4.90 Å². The number of nitro groups is 1. The number of imide groups is 1. The molecule has 4 aromatic rings. The molecule has 0 bridgehead atoms. The third-order valence-electron chi connectivity index (χ3n) is 6.56. The van der Waals surface area contributed by atoms with Gasteiger partial charge in [-0.15, -0.1) is 11.3 Å². The number of hydrogen-bond acceptors (Lipinski definition) is 6. The van der Waals surface area contributed by atoms with Crippen LogP contribution in [-0.2, 0) is 14.9 Å². The van der Waals surface area contributed by atoms with E-state index in [1.165, 1.54) is 11.3 Å². The minimum Gasteiger partial charge on any atom is -0.443 e. The Hall–Kier alpha value is -4.04. The quantitative estimate of drug-likeness (QED) is 0.223. The van der Waals surface area contributed by atoms with Gasteiger partial charge < -0.3 is 4.74 Å². The van der Waals surface area contributed by atoms with E-state index in [-0.39, 0.29) is 0 Å². The standard InChI is InChI=1S/C29H26N2O5S/c1-28(2,3)36-27(33)31-23-15-9-8-14-21(23)29(26(31)32,25-17-20-13-7-10-16-24(20)37-25)22(18-30(34)35)19-11-5-4-6-12-19/h4-17,22H,18H2,1-3H3/t22-,29-/m0/s1. The molecule has 5 rings (SSSR count). The van der Waals surface area contributed by atoms with E-state index in [9.17, 15) is 19.7 Å². The van der Waals surface area contributed by atoms with E-state index in [0.717, 1.165) is 15.0 Å². The second kappa shape index (κ2) is 9.12. The zero-order chi connectivity index (χ0) is 26.4. The molecule has 0 aliphatic carbocycles. The van der Waals surface area contributed by atoms with Gasteiger partial charge in [-0.2, -0.15) is 0 Å². The van der Waals surface area contributed by atoms with Gasteiger partial charge in [0.2, 0.25) is 6.54 Å². The lowest BCUT2D eigenvalue weighted by molar-refractivity contribution is -0.484. The molecular weight excluding hydrogens is 488 g/mol. The lowest BCUT2D eigenvalue weighted by atomic mass is 9.67. The lowest BCUT2D eigenvalue weighted by Gasteiger charge is -2.34. The lowest BCUT2D eigenvalue weighted by Crippen LogP contribution is -2.49. The van der Waals surface area contributed by atoms with Gasteiger partial charge in [-0.25, -0.2) is 9.69 Å². The first kappa shape index (κ1) is 24.6. The number of carbonyl (C=O) groups excluding carboxylic acids is 2. The van der Waals surface area contributed by atoms with Gasteiger partial charge in [0, 0.05) is 14.5 Å². The topological polar surface area (TPSA) is 89.8 Å². The zero-order valence-corrected chi connectivity index (χ0v) is 21.5. The van der Waals surface area contributed by atoms with Crippen LogP contribution >= 0.6 is 11.3 Å². The maximum absolute atomic E-state index is 14.7. The van der Waals surface area contributed by atoms with Gasteiger partial charge >= 0.3 is 6.09 Å². The van der Waals surface area contributed by atoms with Crippen LogP contribution in [0.15, 0.2) is 84.9 Å². The summed E-state index contributed by atoms with van der Waals surface area (Å²) < 4.78 is 6.59. The van der Waals surface area contributed by atoms with Crippen molar-refractivity contribution in [1.29, 1.82) is 0 Å². The number of amides is 2. The molecule has 2 heterocycles. The van der Waals surface area contributed by atoms with E-state index in [2.05, 4.69) is 0 Å². The Kier molecular flexibility index (Phi) is 6.07. The number of anilines is 1. The molecule has 0 N–H and O–H groups in total. The molecule has 0 fully saturated rings. The van der Waals surface area contributed by atoms with Crippen molar-refractivity contribution in [3.8, 4) is 0 Å². The predicted molar refractivity (Wildman–Crippen MR) is 144 cm³/mol. The van der Waals surface area contributed by atoms with Crippen LogP contribution in [0.5, 0.6) is 0 Å². The molecule has 3 aromatic carbocycles. The molecule has 1 aliphatic heterocycles. The Labute approximate surface area is 218 Å². The number of rotatable bonds is 5. The van der Waals surface area contributed by atoms with Crippen LogP contribution in [0.1, 0.15) is 42.7 Å². The van der Waals surface area contributed by atoms with Crippen LogP contribution in [0.25, 0.3) is 10.1 Å². The summed E-state index contributed by atoms with van der Waals surface area (Å²) in [6.45, 7) is 4.70. The average Bonchev–Trinajstić information content (AvgIpc) is 3.39. The van der Waals surface area contributed by atoms with Gasteiger partial charge in [-0.05, 0) is 55.5 Å². The van der Waals surface area contributed by atoms with Gasteiger partial charge in [0.1, 0.15) is 11.0 Å². The maximum Gasteiger partial charge on any atom is 0.421 e. The van der Waals surface area contributed by atoms with Gasteiger partial charge in [-0.1, -0.05) is 66.7 Å². The summed E-state index contributed by atoms with van der Waals surface area (Å²) in [6.07, 6.45) is -0.805. The Balaban J connectivity index is 1.84. The number of nitrogens with zero attached hydrogens (tertiary/aromatic N) is 2. The maximum atomic E-state index is 14.7. The largest absolute Gasteiger partial charge is 0.443 e. The smallest absolute Gasteiger partial charge is 0.421 e. The number of fused-ring (bicyclic) bond motifs is 2.